The molecule has 5 heteroatoms. The van der Waals surface area contributed by atoms with Crippen molar-refractivity contribution in [2.75, 3.05) is 20.6 Å². The smallest absolute Gasteiger partial charge is 0.254 e. The summed E-state index contributed by atoms with van der Waals surface area (Å²) in [6, 6.07) is 20.4. The fourth-order valence-corrected chi connectivity index (χ4v) is 2.90. The molecule has 5 nitrogen and oxygen atoms in total. The van der Waals surface area contributed by atoms with Crippen LogP contribution in [0.15, 0.2) is 73.1 Å². The number of carbonyl (C=O) groups excluding carboxylic acids is 1. The Balaban J connectivity index is 1.61. The Morgan fingerprint density at radius 2 is 1.73 bits per heavy atom. The minimum Gasteiger partial charge on any atom is -0.350 e. The normalized spacial score (nSPS) is 12.1. The largest absolute Gasteiger partial charge is 0.350 e. The number of benzene rings is 2. The molecule has 134 valence electrons. The highest BCUT2D eigenvalue weighted by molar-refractivity contribution is 5.93. The number of aromatic nitrogens is 2. The Hall–Kier alpha value is -2.92. The summed E-state index contributed by atoms with van der Waals surface area (Å²) in [7, 11) is 4.03. The topological polar surface area (TPSA) is 50.2 Å². The molecule has 0 aliphatic heterocycles. The highest BCUT2D eigenvalue weighted by Gasteiger charge is 2.16. The second-order valence-corrected chi connectivity index (χ2v) is 6.51. The van der Waals surface area contributed by atoms with Crippen LogP contribution in [0.1, 0.15) is 27.5 Å². The zero-order valence-corrected chi connectivity index (χ0v) is 15.2. The lowest BCUT2D eigenvalue weighted by Crippen LogP contribution is -2.34. The second kappa shape index (κ2) is 8.45. The first-order valence-corrected chi connectivity index (χ1v) is 8.69. The first-order chi connectivity index (χ1) is 12.6. The number of rotatable bonds is 7. The Kier molecular flexibility index (Phi) is 5.81. The molecule has 1 N–H and O–H groups in total. The van der Waals surface area contributed by atoms with Crippen LogP contribution in [0.5, 0.6) is 0 Å². The Morgan fingerprint density at radius 1 is 1.08 bits per heavy atom. The summed E-state index contributed by atoms with van der Waals surface area (Å²) in [6.45, 7) is 1.19. The summed E-state index contributed by atoms with van der Waals surface area (Å²) in [6.07, 6.45) is 3.40. The summed E-state index contributed by atoms with van der Waals surface area (Å²) in [5, 5.41) is 7.32. The maximum absolute atomic E-state index is 12.5. The van der Waals surface area contributed by atoms with Crippen LogP contribution in [0.2, 0.25) is 0 Å². The van der Waals surface area contributed by atoms with Gasteiger partial charge in [-0.2, -0.15) is 5.10 Å². The lowest BCUT2D eigenvalue weighted by atomic mass is 10.1. The molecule has 0 bridgehead atoms. The van der Waals surface area contributed by atoms with Crippen molar-refractivity contribution in [3.8, 4) is 0 Å². The van der Waals surface area contributed by atoms with Gasteiger partial charge in [0.2, 0.25) is 0 Å². The first kappa shape index (κ1) is 17.9. The van der Waals surface area contributed by atoms with Gasteiger partial charge in [0.15, 0.2) is 0 Å². The van der Waals surface area contributed by atoms with Crippen molar-refractivity contribution >= 4 is 5.91 Å². The van der Waals surface area contributed by atoms with E-state index in [1.807, 2.05) is 62.6 Å². The third kappa shape index (κ3) is 4.58. The van der Waals surface area contributed by atoms with Crippen LogP contribution < -0.4 is 5.32 Å². The lowest BCUT2D eigenvalue weighted by Gasteiger charge is -2.25. The summed E-state index contributed by atoms with van der Waals surface area (Å²) in [5.41, 5.74) is 2.91. The summed E-state index contributed by atoms with van der Waals surface area (Å²) in [5.74, 6) is -0.105. The predicted octanol–water partition coefficient (Wildman–Crippen LogP) is 2.96. The number of likely N-dealkylation sites (N-methyl/N-ethyl adjacent to an activating group) is 1. The molecule has 0 aliphatic carbocycles. The highest BCUT2D eigenvalue weighted by Crippen LogP contribution is 2.16. The van der Waals surface area contributed by atoms with E-state index in [1.165, 1.54) is 5.56 Å². The van der Waals surface area contributed by atoms with Crippen molar-refractivity contribution in [1.82, 2.24) is 20.0 Å². The number of nitrogens with one attached hydrogen (secondary N) is 1. The third-order valence-electron chi connectivity index (χ3n) is 4.35. The summed E-state index contributed by atoms with van der Waals surface area (Å²) >= 11 is 0. The standard InChI is InChI=1S/C21H24N4O/c1-24(2)20(18-11-7-4-8-12-18)14-22-21(26)19-13-23-25(16-19)15-17-9-5-3-6-10-17/h3-13,16,20H,14-15H2,1-2H3,(H,22,26)/t20-/m0/s1. The number of nitrogens with zero attached hydrogens (tertiary/aromatic N) is 3. The highest BCUT2D eigenvalue weighted by atomic mass is 16.1. The van der Waals surface area contributed by atoms with Gasteiger partial charge in [0.05, 0.1) is 24.3 Å². The van der Waals surface area contributed by atoms with Crippen LogP contribution in [0.25, 0.3) is 0 Å². The molecule has 2 aromatic carbocycles. The second-order valence-electron chi connectivity index (χ2n) is 6.51. The molecule has 0 spiro atoms. The van der Waals surface area contributed by atoms with Crippen LogP contribution in [0.4, 0.5) is 0 Å². The monoisotopic (exact) mass is 348 g/mol. The molecule has 0 unspecified atom stereocenters. The van der Waals surface area contributed by atoms with E-state index in [1.54, 1.807) is 17.1 Å². The Morgan fingerprint density at radius 3 is 2.38 bits per heavy atom. The van der Waals surface area contributed by atoms with Gasteiger partial charge in [-0.3, -0.25) is 9.48 Å². The van der Waals surface area contributed by atoms with Crippen molar-refractivity contribution in [3.63, 3.8) is 0 Å². The van der Waals surface area contributed by atoms with E-state index < -0.39 is 0 Å². The minimum atomic E-state index is -0.105. The van der Waals surface area contributed by atoms with Crippen molar-refractivity contribution in [3.05, 3.63) is 89.7 Å². The fourth-order valence-electron chi connectivity index (χ4n) is 2.90. The van der Waals surface area contributed by atoms with Crippen molar-refractivity contribution in [1.29, 1.82) is 0 Å². The van der Waals surface area contributed by atoms with E-state index in [0.717, 1.165) is 5.56 Å². The van der Waals surface area contributed by atoms with Crippen molar-refractivity contribution < 1.29 is 4.79 Å². The molecule has 0 saturated carbocycles. The number of carbonyl (C=O) groups is 1. The van der Waals surface area contributed by atoms with Gasteiger partial charge in [-0.05, 0) is 25.2 Å². The maximum Gasteiger partial charge on any atom is 0.254 e. The molecule has 0 fully saturated rings. The van der Waals surface area contributed by atoms with Gasteiger partial charge < -0.3 is 10.2 Å². The van der Waals surface area contributed by atoms with E-state index in [9.17, 15) is 4.79 Å². The maximum atomic E-state index is 12.5. The van der Waals surface area contributed by atoms with Crippen LogP contribution >= 0.6 is 0 Å². The van der Waals surface area contributed by atoms with Gasteiger partial charge in [-0.1, -0.05) is 60.7 Å². The van der Waals surface area contributed by atoms with Crippen LogP contribution in [-0.2, 0) is 6.54 Å². The van der Waals surface area contributed by atoms with Gasteiger partial charge >= 0.3 is 0 Å². The van der Waals surface area contributed by atoms with Crippen LogP contribution in [-0.4, -0.2) is 41.2 Å². The lowest BCUT2D eigenvalue weighted by molar-refractivity contribution is 0.0942. The zero-order chi connectivity index (χ0) is 18.4. The molecule has 3 rings (SSSR count). The molecule has 3 aromatic rings. The molecule has 1 heterocycles. The van der Waals surface area contributed by atoms with Gasteiger partial charge in [0.1, 0.15) is 0 Å². The number of hydrogen-bond acceptors (Lipinski definition) is 3. The van der Waals surface area contributed by atoms with E-state index >= 15 is 0 Å². The Labute approximate surface area is 154 Å². The molecule has 26 heavy (non-hydrogen) atoms. The molecule has 0 aliphatic rings. The molecule has 1 atom stereocenters. The van der Waals surface area contributed by atoms with E-state index in [2.05, 4.69) is 27.4 Å². The molecule has 1 amide bonds. The SMILES string of the molecule is CN(C)[C@@H](CNC(=O)c1cnn(Cc2ccccc2)c1)c1ccccc1. The zero-order valence-electron chi connectivity index (χ0n) is 15.2. The van der Waals surface area contributed by atoms with Gasteiger partial charge in [0.25, 0.3) is 5.91 Å². The van der Waals surface area contributed by atoms with Crippen LogP contribution in [0.3, 0.4) is 0 Å². The predicted molar refractivity (Wildman–Crippen MR) is 103 cm³/mol. The number of amides is 1. The first-order valence-electron chi connectivity index (χ1n) is 8.69. The average Bonchev–Trinajstić information content (AvgIpc) is 3.12. The summed E-state index contributed by atoms with van der Waals surface area (Å²) in [4.78, 5) is 14.6. The average molecular weight is 348 g/mol. The van der Waals surface area contributed by atoms with Crippen molar-refractivity contribution in [2.24, 2.45) is 0 Å². The summed E-state index contributed by atoms with van der Waals surface area (Å²) < 4.78 is 1.78. The molecule has 0 saturated heterocycles. The van der Waals surface area contributed by atoms with Crippen LogP contribution in [0, 0.1) is 0 Å². The van der Waals surface area contributed by atoms with Gasteiger partial charge in [-0.25, -0.2) is 0 Å². The third-order valence-corrected chi connectivity index (χ3v) is 4.35. The van der Waals surface area contributed by atoms with Crippen molar-refractivity contribution in [2.45, 2.75) is 12.6 Å². The van der Waals surface area contributed by atoms with Gasteiger partial charge in [0, 0.05) is 12.7 Å². The van der Waals surface area contributed by atoms with E-state index in [-0.39, 0.29) is 11.9 Å². The Bertz CT molecular complexity index is 827. The molecule has 1 aromatic heterocycles. The quantitative estimate of drug-likeness (QED) is 0.714. The molecular formula is C21H24N4O. The van der Waals surface area contributed by atoms with Gasteiger partial charge in [-0.15, -0.1) is 0 Å². The fraction of sp³-hybridized carbons (Fsp3) is 0.238. The minimum absolute atomic E-state index is 0.105. The molecule has 0 radical (unpaired) electrons. The van der Waals surface area contributed by atoms with E-state index in [4.69, 9.17) is 0 Å². The molecular weight excluding hydrogens is 324 g/mol. The number of hydrogen-bond donors (Lipinski definition) is 1. The van der Waals surface area contributed by atoms with E-state index in [0.29, 0.717) is 18.7 Å².